The van der Waals surface area contributed by atoms with E-state index in [2.05, 4.69) is 10.6 Å². The fourth-order valence-electron chi connectivity index (χ4n) is 2.76. The summed E-state index contributed by atoms with van der Waals surface area (Å²) in [5, 5.41) is 6.23. The van der Waals surface area contributed by atoms with Crippen molar-refractivity contribution in [2.75, 3.05) is 13.1 Å². The number of likely N-dealkylation sites (N-methyl/N-ethyl adjacent to an activating group) is 1. The molecule has 2 fully saturated rings. The van der Waals surface area contributed by atoms with E-state index >= 15 is 0 Å². The minimum absolute atomic E-state index is 0.104. The number of hydrogen-bond donors (Lipinski definition) is 2. The summed E-state index contributed by atoms with van der Waals surface area (Å²) in [5.41, 5.74) is 0. The van der Waals surface area contributed by atoms with E-state index < -0.39 is 0 Å². The first-order valence-electron chi connectivity index (χ1n) is 5.34. The van der Waals surface area contributed by atoms with Gasteiger partial charge in [-0.1, -0.05) is 6.42 Å². The highest BCUT2D eigenvalue weighted by Gasteiger charge is 2.41. The van der Waals surface area contributed by atoms with E-state index in [1.807, 2.05) is 6.92 Å². The molecule has 1 aliphatic carbocycles. The molecule has 1 heterocycles. The predicted molar refractivity (Wildman–Crippen MR) is 51.3 cm³/mol. The van der Waals surface area contributed by atoms with Crippen LogP contribution in [0.4, 0.5) is 0 Å². The SMILES string of the molecule is CCNC(=O)C1NCC2CCCC21. The van der Waals surface area contributed by atoms with Crippen molar-refractivity contribution in [2.45, 2.75) is 32.2 Å². The highest BCUT2D eigenvalue weighted by Crippen LogP contribution is 2.37. The molecule has 3 atom stereocenters. The van der Waals surface area contributed by atoms with Crippen LogP contribution in [-0.4, -0.2) is 25.0 Å². The molecule has 1 aliphatic heterocycles. The molecule has 1 saturated heterocycles. The molecule has 0 aromatic carbocycles. The maximum Gasteiger partial charge on any atom is 0.237 e. The van der Waals surface area contributed by atoms with Gasteiger partial charge in [-0.3, -0.25) is 4.79 Å². The smallest absolute Gasteiger partial charge is 0.237 e. The average molecular weight is 182 g/mol. The van der Waals surface area contributed by atoms with Gasteiger partial charge >= 0.3 is 0 Å². The molecular weight excluding hydrogens is 164 g/mol. The summed E-state index contributed by atoms with van der Waals surface area (Å²) in [6.45, 7) is 3.76. The third-order valence-corrected chi connectivity index (χ3v) is 3.38. The van der Waals surface area contributed by atoms with E-state index in [-0.39, 0.29) is 11.9 Å². The monoisotopic (exact) mass is 182 g/mol. The second-order valence-electron chi connectivity index (χ2n) is 4.14. The van der Waals surface area contributed by atoms with Gasteiger partial charge in [0.25, 0.3) is 0 Å². The quantitative estimate of drug-likeness (QED) is 0.653. The number of carbonyl (C=O) groups is 1. The summed E-state index contributed by atoms with van der Waals surface area (Å²) >= 11 is 0. The van der Waals surface area contributed by atoms with Crippen molar-refractivity contribution >= 4 is 5.91 Å². The van der Waals surface area contributed by atoms with Gasteiger partial charge in [0.2, 0.25) is 5.91 Å². The van der Waals surface area contributed by atoms with Gasteiger partial charge in [0.15, 0.2) is 0 Å². The van der Waals surface area contributed by atoms with Gasteiger partial charge in [-0.2, -0.15) is 0 Å². The Labute approximate surface area is 79.3 Å². The van der Waals surface area contributed by atoms with E-state index in [4.69, 9.17) is 0 Å². The standard InChI is InChI=1S/C10H18N2O/c1-2-11-10(13)9-8-5-3-4-7(8)6-12-9/h7-9,12H,2-6H2,1H3,(H,11,13). The number of amides is 1. The molecule has 0 aromatic rings. The lowest BCUT2D eigenvalue weighted by molar-refractivity contribution is -0.123. The second kappa shape index (κ2) is 3.66. The summed E-state index contributed by atoms with van der Waals surface area (Å²) in [6, 6.07) is 0.104. The third kappa shape index (κ3) is 1.57. The molecule has 1 amide bonds. The zero-order valence-corrected chi connectivity index (χ0v) is 8.18. The Morgan fingerprint density at radius 2 is 2.38 bits per heavy atom. The van der Waals surface area contributed by atoms with Crippen LogP contribution < -0.4 is 10.6 Å². The molecule has 3 unspecified atom stereocenters. The maximum atomic E-state index is 11.6. The van der Waals surface area contributed by atoms with Crippen LogP contribution in [0.5, 0.6) is 0 Å². The van der Waals surface area contributed by atoms with Crippen LogP contribution in [0, 0.1) is 11.8 Å². The lowest BCUT2D eigenvalue weighted by Crippen LogP contribution is -2.43. The van der Waals surface area contributed by atoms with Crippen LogP contribution in [0.15, 0.2) is 0 Å². The first-order valence-corrected chi connectivity index (χ1v) is 5.34. The van der Waals surface area contributed by atoms with Crippen molar-refractivity contribution in [3.8, 4) is 0 Å². The van der Waals surface area contributed by atoms with E-state index in [1.54, 1.807) is 0 Å². The molecule has 2 N–H and O–H groups in total. The predicted octanol–water partition coefficient (Wildman–Crippen LogP) is 0.511. The molecule has 1 saturated carbocycles. The van der Waals surface area contributed by atoms with Gasteiger partial charge in [0.05, 0.1) is 6.04 Å². The van der Waals surface area contributed by atoms with Gasteiger partial charge in [-0.15, -0.1) is 0 Å². The molecule has 13 heavy (non-hydrogen) atoms. The molecule has 3 heteroatoms. The maximum absolute atomic E-state index is 11.6. The number of nitrogens with one attached hydrogen (secondary N) is 2. The number of fused-ring (bicyclic) bond motifs is 1. The van der Waals surface area contributed by atoms with Crippen LogP contribution in [0.25, 0.3) is 0 Å². The normalized spacial score (nSPS) is 37.5. The Hall–Kier alpha value is -0.570. The highest BCUT2D eigenvalue weighted by atomic mass is 16.2. The molecule has 2 rings (SSSR count). The summed E-state index contributed by atoms with van der Waals surface area (Å²) in [5.74, 6) is 1.59. The minimum atomic E-state index is 0.104. The fraction of sp³-hybridized carbons (Fsp3) is 0.900. The van der Waals surface area contributed by atoms with Crippen molar-refractivity contribution < 1.29 is 4.79 Å². The van der Waals surface area contributed by atoms with Crippen molar-refractivity contribution in [1.29, 1.82) is 0 Å². The lowest BCUT2D eigenvalue weighted by Gasteiger charge is -2.16. The number of rotatable bonds is 2. The summed E-state index contributed by atoms with van der Waals surface area (Å²) in [7, 11) is 0. The molecule has 3 nitrogen and oxygen atoms in total. The molecule has 2 aliphatic rings. The van der Waals surface area contributed by atoms with Crippen molar-refractivity contribution in [1.82, 2.24) is 10.6 Å². The van der Waals surface area contributed by atoms with Crippen molar-refractivity contribution in [2.24, 2.45) is 11.8 Å². The van der Waals surface area contributed by atoms with Gasteiger partial charge < -0.3 is 10.6 Å². The topological polar surface area (TPSA) is 41.1 Å². The molecular formula is C10H18N2O. The minimum Gasteiger partial charge on any atom is -0.355 e. The Balaban J connectivity index is 1.96. The van der Waals surface area contributed by atoms with Crippen LogP contribution in [0.2, 0.25) is 0 Å². The van der Waals surface area contributed by atoms with Gasteiger partial charge in [0.1, 0.15) is 0 Å². The number of carbonyl (C=O) groups excluding carboxylic acids is 1. The van der Waals surface area contributed by atoms with E-state index in [1.165, 1.54) is 19.3 Å². The molecule has 0 aromatic heterocycles. The van der Waals surface area contributed by atoms with Gasteiger partial charge in [-0.05, 0) is 38.1 Å². The largest absolute Gasteiger partial charge is 0.355 e. The van der Waals surface area contributed by atoms with Crippen LogP contribution >= 0.6 is 0 Å². The second-order valence-corrected chi connectivity index (χ2v) is 4.14. The molecule has 74 valence electrons. The molecule has 0 spiro atoms. The first-order chi connectivity index (χ1) is 6.33. The third-order valence-electron chi connectivity index (χ3n) is 3.38. The van der Waals surface area contributed by atoms with E-state index in [9.17, 15) is 4.79 Å². The first kappa shape index (κ1) is 9.00. The summed E-state index contributed by atoms with van der Waals surface area (Å²) in [4.78, 5) is 11.6. The van der Waals surface area contributed by atoms with Crippen LogP contribution in [0.3, 0.4) is 0 Å². The Morgan fingerprint density at radius 1 is 1.54 bits per heavy atom. The highest BCUT2D eigenvalue weighted by molar-refractivity contribution is 5.82. The Morgan fingerprint density at radius 3 is 3.15 bits per heavy atom. The zero-order valence-electron chi connectivity index (χ0n) is 8.18. The van der Waals surface area contributed by atoms with E-state index in [0.29, 0.717) is 5.92 Å². The lowest BCUT2D eigenvalue weighted by atomic mass is 9.94. The molecule has 0 radical (unpaired) electrons. The van der Waals surface area contributed by atoms with E-state index in [0.717, 1.165) is 19.0 Å². The Bertz CT molecular complexity index is 205. The Kier molecular flexibility index (Phi) is 2.54. The van der Waals surface area contributed by atoms with Crippen LogP contribution in [-0.2, 0) is 4.79 Å². The zero-order chi connectivity index (χ0) is 9.26. The molecule has 0 bridgehead atoms. The van der Waals surface area contributed by atoms with Gasteiger partial charge in [0, 0.05) is 6.54 Å². The summed E-state index contributed by atoms with van der Waals surface area (Å²) < 4.78 is 0. The average Bonchev–Trinajstić information content (AvgIpc) is 2.62. The van der Waals surface area contributed by atoms with Crippen molar-refractivity contribution in [3.05, 3.63) is 0 Å². The van der Waals surface area contributed by atoms with Crippen LogP contribution in [0.1, 0.15) is 26.2 Å². The van der Waals surface area contributed by atoms with Crippen molar-refractivity contribution in [3.63, 3.8) is 0 Å². The fourth-order valence-corrected chi connectivity index (χ4v) is 2.76. The summed E-state index contributed by atoms with van der Waals surface area (Å²) in [6.07, 6.45) is 3.86. The van der Waals surface area contributed by atoms with Gasteiger partial charge in [-0.25, -0.2) is 0 Å². The number of hydrogen-bond acceptors (Lipinski definition) is 2.